The van der Waals surface area contributed by atoms with Crippen LogP contribution in [0.15, 0.2) is 46.9 Å². The minimum absolute atomic E-state index is 0.0234. The molecule has 4 rings (SSSR count). The number of nitrogens with one attached hydrogen (secondary N) is 2. The maximum Gasteiger partial charge on any atom is 0.238 e. The van der Waals surface area contributed by atoms with Crippen molar-refractivity contribution in [2.75, 3.05) is 43.8 Å². The van der Waals surface area contributed by atoms with Crippen LogP contribution in [0.1, 0.15) is 23.2 Å². The molecule has 0 bridgehead atoms. The molecule has 0 saturated carbocycles. The van der Waals surface area contributed by atoms with Gasteiger partial charge in [0.05, 0.1) is 12.3 Å². The van der Waals surface area contributed by atoms with E-state index in [0.717, 1.165) is 22.5 Å². The van der Waals surface area contributed by atoms with Gasteiger partial charge in [-0.25, -0.2) is 4.98 Å². The van der Waals surface area contributed by atoms with Gasteiger partial charge in [-0.15, -0.1) is 16.4 Å². The van der Waals surface area contributed by atoms with Gasteiger partial charge < -0.3 is 10.2 Å². The van der Waals surface area contributed by atoms with Crippen LogP contribution in [0.3, 0.4) is 0 Å². The van der Waals surface area contributed by atoms with E-state index in [0.29, 0.717) is 49.5 Å². The van der Waals surface area contributed by atoms with Gasteiger partial charge in [-0.2, -0.15) is 0 Å². The number of rotatable bonds is 9. The number of thioether (sulfide) groups is 1. The SMILES string of the molecule is CCc1ccccc1NC(=O)CN1CCN(C(=O)CSc2n[nH]c(/C=C/c3cccs3)n2)CC1. The van der Waals surface area contributed by atoms with E-state index in [1.807, 2.05) is 58.8 Å². The first-order valence-corrected chi connectivity index (χ1v) is 13.1. The molecular weight excluding hydrogens is 468 g/mol. The number of benzene rings is 1. The maximum absolute atomic E-state index is 12.6. The van der Waals surface area contributed by atoms with Crippen LogP contribution >= 0.6 is 23.1 Å². The van der Waals surface area contributed by atoms with Gasteiger partial charge in [-0.1, -0.05) is 43.0 Å². The average Bonchev–Trinajstić information content (AvgIpc) is 3.54. The van der Waals surface area contributed by atoms with Crippen molar-refractivity contribution in [3.8, 4) is 0 Å². The average molecular weight is 497 g/mol. The van der Waals surface area contributed by atoms with Gasteiger partial charge >= 0.3 is 0 Å². The Morgan fingerprint density at radius 3 is 2.74 bits per heavy atom. The summed E-state index contributed by atoms with van der Waals surface area (Å²) in [5.41, 5.74) is 2.00. The van der Waals surface area contributed by atoms with Crippen molar-refractivity contribution in [3.05, 3.63) is 58.0 Å². The highest BCUT2D eigenvalue weighted by Crippen LogP contribution is 2.17. The Balaban J connectivity index is 1.18. The van der Waals surface area contributed by atoms with Crippen LogP contribution in [0, 0.1) is 0 Å². The number of para-hydroxylation sites is 1. The number of piperazine rings is 1. The van der Waals surface area contributed by atoms with Crippen molar-refractivity contribution >= 4 is 52.8 Å². The molecule has 10 heteroatoms. The van der Waals surface area contributed by atoms with Crippen LogP contribution in [-0.4, -0.2) is 75.3 Å². The smallest absolute Gasteiger partial charge is 0.238 e. The summed E-state index contributed by atoms with van der Waals surface area (Å²) in [7, 11) is 0. The van der Waals surface area contributed by atoms with Crippen molar-refractivity contribution in [1.29, 1.82) is 0 Å². The molecule has 34 heavy (non-hydrogen) atoms. The number of aryl methyl sites for hydroxylation is 1. The van der Waals surface area contributed by atoms with E-state index < -0.39 is 0 Å². The van der Waals surface area contributed by atoms with Crippen molar-refractivity contribution < 1.29 is 9.59 Å². The summed E-state index contributed by atoms with van der Waals surface area (Å²) in [5, 5.41) is 12.7. The molecule has 1 aromatic carbocycles. The molecule has 1 fully saturated rings. The highest BCUT2D eigenvalue weighted by Gasteiger charge is 2.23. The van der Waals surface area contributed by atoms with Crippen LogP contribution in [0.2, 0.25) is 0 Å². The molecule has 1 aliphatic heterocycles. The van der Waals surface area contributed by atoms with Crippen LogP contribution in [-0.2, 0) is 16.0 Å². The van der Waals surface area contributed by atoms with E-state index in [1.54, 1.807) is 11.3 Å². The van der Waals surface area contributed by atoms with Crippen LogP contribution < -0.4 is 5.32 Å². The minimum atomic E-state index is -0.0234. The summed E-state index contributed by atoms with van der Waals surface area (Å²) < 4.78 is 0. The fourth-order valence-electron chi connectivity index (χ4n) is 3.66. The summed E-state index contributed by atoms with van der Waals surface area (Å²) in [6, 6.07) is 11.9. The number of aromatic nitrogens is 3. The highest BCUT2D eigenvalue weighted by atomic mass is 32.2. The lowest BCUT2D eigenvalue weighted by molar-refractivity contribution is -0.130. The standard InChI is InChI=1S/C24H28N6O2S2/c1-2-18-6-3-4-8-20(18)25-22(31)16-29-11-13-30(14-12-29)23(32)17-34-24-26-21(27-28-24)10-9-19-7-5-15-33-19/h3-10,15H,2,11-14,16-17H2,1H3,(H,25,31)(H,26,27,28)/b10-9+. The number of carbonyl (C=O) groups excluding carboxylic acids is 2. The lowest BCUT2D eigenvalue weighted by Crippen LogP contribution is -2.50. The first-order chi connectivity index (χ1) is 16.6. The lowest BCUT2D eigenvalue weighted by atomic mass is 10.1. The first kappa shape index (κ1) is 24.2. The van der Waals surface area contributed by atoms with E-state index in [2.05, 4.69) is 32.3 Å². The zero-order chi connectivity index (χ0) is 23.8. The number of hydrogen-bond acceptors (Lipinski definition) is 7. The van der Waals surface area contributed by atoms with E-state index in [4.69, 9.17) is 0 Å². The predicted molar refractivity (Wildman–Crippen MR) is 138 cm³/mol. The van der Waals surface area contributed by atoms with Gasteiger partial charge in [0.15, 0.2) is 0 Å². The Hall–Kier alpha value is -2.95. The molecule has 0 spiro atoms. The molecule has 178 valence electrons. The second-order valence-electron chi connectivity index (χ2n) is 7.86. The number of amides is 2. The molecule has 0 atom stereocenters. The summed E-state index contributed by atoms with van der Waals surface area (Å²) >= 11 is 2.98. The number of nitrogens with zero attached hydrogens (tertiary/aromatic N) is 4. The number of thiophene rings is 1. The van der Waals surface area contributed by atoms with Gasteiger partial charge in [0.1, 0.15) is 5.82 Å². The molecule has 2 amide bonds. The van der Waals surface area contributed by atoms with Gasteiger partial charge in [-0.3, -0.25) is 19.6 Å². The van der Waals surface area contributed by atoms with E-state index in [-0.39, 0.29) is 11.8 Å². The summed E-state index contributed by atoms with van der Waals surface area (Å²) in [6.07, 6.45) is 4.73. The Morgan fingerprint density at radius 1 is 1.15 bits per heavy atom. The summed E-state index contributed by atoms with van der Waals surface area (Å²) in [5.74, 6) is 0.994. The van der Waals surface area contributed by atoms with E-state index in [1.165, 1.54) is 11.8 Å². The fourth-order valence-corrected chi connectivity index (χ4v) is 4.99. The van der Waals surface area contributed by atoms with Crippen molar-refractivity contribution in [3.63, 3.8) is 0 Å². The Kier molecular flexibility index (Phi) is 8.51. The lowest BCUT2D eigenvalue weighted by Gasteiger charge is -2.34. The van der Waals surface area contributed by atoms with E-state index in [9.17, 15) is 9.59 Å². The normalized spacial score (nSPS) is 14.6. The van der Waals surface area contributed by atoms with Crippen molar-refractivity contribution in [1.82, 2.24) is 25.0 Å². The molecule has 0 radical (unpaired) electrons. The summed E-state index contributed by atoms with van der Waals surface area (Å²) in [6.45, 7) is 4.98. The first-order valence-electron chi connectivity index (χ1n) is 11.3. The molecule has 3 heterocycles. The van der Waals surface area contributed by atoms with Crippen LogP contribution in [0.4, 0.5) is 5.69 Å². The van der Waals surface area contributed by atoms with Gasteiger partial charge in [0.2, 0.25) is 17.0 Å². The molecule has 0 aliphatic carbocycles. The third-order valence-corrected chi connectivity index (χ3v) is 7.19. The van der Waals surface area contributed by atoms with Crippen molar-refractivity contribution in [2.24, 2.45) is 0 Å². The molecule has 8 nitrogen and oxygen atoms in total. The quantitative estimate of drug-likeness (QED) is 0.441. The molecule has 2 aromatic heterocycles. The zero-order valence-electron chi connectivity index (χ0n) is 19.1. The third-order valence-electron chi connectivity index (χ3n) is 5.52. The predicted octanol–water partition coefficient (Wildman–Crippen LogP) is 3.47. The van der Waals surface area contributed by atoms with Crippen LogP contribution in [0.25, 0.3) is 12.2 Å². The van der Waals surface area contributed by atoms with Gasteiger partial charge in [0, 0.05) is 36.7 Å². The maximum atomic E-state index is 12.6. The van der Waals surface area contributed by atoms with Crippen molar-refractivity contribution in [2.45, 2.75) is 18.5 Å². The number of H-pyrrole nitrogens is 1. The van der Waals surface area contributed by atoms with Crippen LogP contribution in [0.5, 0.6) is 0 Å². The Morgan fingerprint density at radius 2 is 1.97 bits per heavy atom. The second-order valence-corrected chi connectivity index (χ2v) is 9.78. The molecule has 0 unspecified atom stereocenters. The zero-order valence-corrected chi connectivity index (χ0v) is 20.7. The Bertz CT molecular complexity index is 1120. The largest absolute Gasteiger partial charge is 0.339 e. The number of carbonyl (C=O) groups is 2. The van der Waals surface area contributed by atoms with E-state index >= 15 is 0 Å². The molecule has 3 aromatic rings. The van der Waals surface area contributed by atoms with Gasteiger partial charge in [0.25, 0.3) is 0 Å². The summed E-state index contributed by atoms with van der Waals surface area (Å²) in [4.78, 5) is 34.6. The fraction of sp³-hybridized carbons (Fsp3) is 0.333. The number of anilines is 1. The topological polar surface area (TPSA) is 94.2 Å². The monoisotopic (exact) mass is 496 g/mol. The highest BCUT2D eigenvalue weighted by molar-refractivity contribution is 7.99. The minimum Gasteiger partial charge on any atom is -0.339 e. The third kappa shape index (κ3) is 6.78. The second kappa shape index (κ2) is 12.0. The molecule has 2 N–H and O–H groups in total. The Labute approximate surface area is 207 Å². The molecule has 1 aliphatic rings. The molecular formula is C24H28N6O2S2. The molecule has 1 saturated heterocycles. The number of hydrogen-bond donors (Lipinski definition) is 2. The number of aromatic amines is 1. The van der Waals surface area contributed by atoms with Gasteiger partial charge in [-0.05, 0) is 41.6 Å².